The molecule has 0 aromatic carbocycles. The van der Waals surface area contributed by atoms with Gasteiger partial charge in [0.1, 0.15) is 11.6 Å². The summed E-state index contributed by atoms with van der Waals surface area (Å²) in [5.74, 6) is -2.86. The molecule has 1 aromatic rings. The number of aromatic nitrogens is 2. The van der Waals surface area contributed by atoms with Crippen LogP contribution in [-0.4, -0.2) is 78.1 Å². The molecule has 0 unspecified atom stereocenters. The summed E-state index contributed by atoms with van der Waals surface area (Å²) < 4.78 is 38.7. The fourth-order valence-corrected chi connectivity index (χ4v) is 7.41. The second-order valence-electron chi connectivity index (χ2n) is 14.1. The highest BCUT2D eigenvalue weighted by Gasteiger charge is 2.63. The van der Waals surface area contributed by atoms with Crippen LogP contribution in [0.5, 0.6) is 11.9 Å². The van der Waals surface area contributed by atoms with E-state index >= 15 is 0 Å². The number of amides is 3. The normalized spacial score (nSPS) is 31.1. The van der Waals surface area contributed by atoms with Crippen molar-refractivity contribution in [2.24, 2.45) is 17.8 Å². The lowest BCUT2D eigenvalue weighted by Crippen LogP contribution is -2.55. The zero-order chi connectivity index (χ0) is 32.1. The topological polar surface area (TPSA) is 157 Å². The van der Waals surface area contributed by atoms with Gasteiger partial charge in [-0.2, -0.15) is 9.97 Å². The van der Waals surface area contributed by atoms with Crippen LogP contribution in [0, 0.1) is 17.8 Å². The number of nitrogens with one attached hydrogen (secondary N) is 2. The standard InChI is InChI=1S/C31H45N5O7S/c1-29(2,3)23-17-24(33-28(32-23)42-6)43-20-15-21-22(16-20)26(38)36(5)14-10-8-7-9-11-19-18-31(19,34-25(21)37)27(39)35-44(40,41)30(4)12-13-30/h9,11,17,19-22H,7-8,10,12-16,18H2,1-6H3,(H,34,37)(H,35,39)/b11-9-/t19-,20+,21+,22+,31+/m0/s1. The van der Waals surface area contributed by atoms with E-state index in [1.54, 1.807) is 24.9 Å². The van der Waals surface area contributed by atoms with Gasteiger partial charge in [0.2, 0.25) is 27.7 Å². The molecule has 5 rings (SSSR count). The molecular formula is C31H45N5O7S. The third-order valence-electron chi connectivity index (χ3n) is 9.55. The Bertz CT molecular complexity index is 1450. The Morgan fingerprint density at radius 2 is 1.84 bits per heavy atom. The van der Waals surface area contributed by atoms with Gasteiger partial charge in [-0.15, -0.1) is 0 Å². The number of carbonyl (C=O) groups is 3. The Hall–Kier alpha value is -3.22. The predicted molar refractivity (Wildman–Crippen MR) is 162 cm³/mol. The minimum Gasteiger partial charge on any atom is -0.474 e. The van der Waals surface area contributed by atoms with E-state index in [-0.39, 0.29) is 42.5 Å². The number of nitrogens with zero attached hydrogens (tertiary/aromatic N) is 3. The van der Waals surface area contributed by atoms with Crippen molar-refractivity contribution in [3.05, 3.63) is 23.9 Å². The van der Waals surface area contributed by atoms with Gasteiger partial charge in [0, 0.05) is 31.0 Å². The second kappa shape index (κ2) is 11.6. The average Bonchev–Trinajstić information content (AvgIpc) is 3.83. The summed E-state index contributed by atoms with van der Waals surface area (Å²) in [5.41, 5.74) is -0.970. The zero-order valence-electron chi connectivity index (χ0n) is 26.5. The summed E-state index contributed by atoms with van der Waals surface area (Å²) in [4.78, 5) is 51.7. The molecule has 1 aromatic heterocycles. The number of ether oxygens (including phenoxy) is 2. The summed E-state index contributed by atoms with van der Waals surface area (Å²) in [7, 11) is -0.679. The number of hydrogen-bond acceptors (Lipinski definition) is 9. The second-order valence-corrected chi connectivity index (χ2v) is 16.3. The highest BCUT2D eigenvalue weighted by Crippen LogP contribution is 2.48. The minimum absolute atomic E-state index is 0.158. The number of hydrogen-bond donors (Lipinski definition) is 2. The quantitative estimate of drug-likeness (QED) is 0.451. The maximum absolute atomic E-state index is 14.0. The van der Waals surface area contributed by atoms with Crippen molar-refractivity contribution in [1.82, 2.24) is 24.9 Å². The first-order valence-corrected chi connectivity index (χ1v) is 17.0. The van der Waals surface area contributed by atoms with Crippen molar-refractivity contribution in [1.29, 1.82) is 0 Å². The molecule has 12 nitrogen and oxygen atoms in total. The Morgan fingerprint density at radius 3 is 2.50 bits per heavy atom. The van der Waals surface area contributed by atoms with Crippen molar-refractivity contribution in [2.75, 3.05) is 20.7 Å². The Kier molecular flexibility index (Phi) is 8.49. The molecule has 3 saturated carbocycles. The highest BCUT2D eigenvalue weighted by molar-refractivity contribution is 7.91. The van der Waals surface area contributed by atoms with Crippen LogP contribution in [-0.2, 0) is 29.8 Å². The number of allylic oxidation sites excluding steroid dienone is 1. The van der Waals surface area contributed by atoms with E-state index in [9.17, 15) is 22.8 Å². The third kappa shape index (κ3) is 6.43. The number of sulfonamides is 1. The van der Waals surface area contributed by atoms with E-state index in [0.29, 0.717) is 25.3 Å². The third-order valence-corrected chi connectivity index (χ3v) is 11.7. The SMILES string of the molecule is COc1nc(O[C@@H]2C[C@H]3C(=O)N[C@]4(C(=O)NS(=O)(=O)C5(C)CC5)C[C@@H]4/C=C\CCCCN(C)C(=O)[C@@H]3C2)cc(C(C)(C)C)n1. The van der Waals surface area contributed by atoms with E-state index in [1.165, 1.54) is 7.11 Å². The molecule has 5 atom stereocenters. The van der Waals surface area contributed by atoms with Crippen LogP contribution in [0.4, 0.5) is 0 Å². The number of fused-ring (bicyclic) bond motifs is 2. The van der Waals surface area contributed by atoms with E-state index in [0.717, 1.165) is 25.0 Å². The molecular weight excluding hydrogens is 586 g/mol. The Morgan fingerprint density at radius 1 is 1.14 bits per heavy atom. The molecule has 0 saturated heterocycles. The first-order valence-electron chi connectivity index (χ1n) is 15.5. The lowest BCUT2D eigenvalue weighted by Gasteiger charge is -2.27. The van der Waals surface area contributed by atoms with Crippen LogP contribution in [0.2, 0.25) is 0 Å². The lowest BCUT2D eigenvalue weighted by molar-refractivity contribution is -0.140. The highest BCUT2D eigenvalue weighted by atomic mass is 32.2. The molecule has 3 fully saturated rings. The zero-order valence-corrected chi connectivity index (χ0v) is 27.3. The fraction of sp³-hybridized carbons (Fsp3) is 0.710. The summed E-state index contributed by atoms with van der Waals surface area (Å²) in [5, 5.41) is 2.92. The predicted octanol–water partition coefficient (Wildman–Crippen LogP) is 2.63. The van der Waals surface area contributed by atoms with Gasteiger partial charge in [-0.3, -0.25) is 19.1 Å². The van der Waals surface area contributed by atoms with Crippen LogP contribution in [0.15, 0.2) is 18.2 Å². The molecule has 3 amide bonds. The first kappa shape index (κ1) is 32.2. The fourth-order valence-electron chi connectivity index (χ4n) is 6.10. The van der Waals surface area contributed by atoms with E-state index < -0.39 is 50.1 Å². The van der Waals surface area contributed by atoms with Gasteiger partial charge in [0.25, 0.3) is 5.91 Å². The van der Waals surface area contributed by atoms with Crippen LogP contribution in [0.25, 0.3) is 0 Å². The summed E-state index contributed by atoms with van der Waals surface area (Å²) >= 11 is 0. The van der Waals surface area contributed by atoms with E-state index in [4.69, 9.17) is 9.47 Å². The molecule has 13 heteroatoms. The van der Waals surface area contributed by atoms with Crippen LogP contribution >= 0.6 is 0 Å². The molecule has 2 N–H and O–H groups in total. The van der Waals surface area contributed by atoms with Gasteiger partial charge in [-0.1, -0.05) is 32.9 Å². The molecule has 0 bridgehead atoms. The van der Waals surface area contributed by atoms with Crippen molar-refractivity contribution in [2.45, 2.75) is 101 Å². The molecule has 2 heterocycles. The Balaban J connectivity index is 1.41. The molecule has 44 heavy (non-hydrogen) atoms. The average molecular weight is 632 g/mol. The largest absolute Gasteiger partial charge is 0.474 e. The molecule has 3 aliphatic carbocycles. The maximum Gasteiger partial charge on any atom is 0.319 e. The molecule has 0 spiro atoms. The van der Waals surface area contributed by atoms with Crippen molar-refractivity contribution in [3.8, 4) is 11.9 Å². The summed E-state index contributed by atoms with van der Waals surface area (Å²) in [6.45, 7) is 8.21. The molecule has 242 valence electrons. The van der Waals surface area contributed by atoms with E-state index in [2.05, 4.69) is 20.0 Å². The van der Waals surface area contributed by atoms with Crippen LogP contribution < -0.4 is 19.5 Å². The number of rotatable bonds is 6. The van der Waals surface area contributed by atoms with Gasteiger partial charge in [0.05, 0.1) is 29.4 Å². The first-order chi connectivity index (χ1) is 20.6. The van der Waals surface area contributed by atoms with Gasteiger partial charge in [-0.05, 0) is 58.3 Å². The lowest BCUT2D eigenvalue weighted by atomic mass is 9.92. The number of carbonyl (C=O) groups excluding carboxylic acids is 3. The van der Waals surface area contributed by atoms with Gasteiger partial charge >= 0.3 is 6.01 Å². The summed E-state index contributed by atoms with van der Waals surface area (Å²) in [6, 6.07) is 1.91. The van der Waals surface area contributed by atoms with Gasteiger partial charge < -0.3 is 19.7 Å². The van der Waals surface area contributed by atoms with Crippen LogP contribution in [0.3, 0.4) is 0 Å². The van der Waals surface area contributed by atoms with Crippen molar-refractivity contribution in [3.63, 3.8) is 0 Å². The van der Waals surface area contributed by atoms with Crippen LogP contribution in [0.1, 0.15) is 84.8 Å². The van der Waals surface area contributed by atoms with Crippen molar-refractivity contribution >= 4 is 27.7 Å². The van der Waals surface area contributed by atoms with Gasteiger partial charge in [-0.25, -0.2) is 8.42 Å². The molecule has 4 aliphatic rings. The maximum atomic E-state index is 14.0. The molecule has 0 radical (unpaired) electrons. The smallest absolute Gasteiger partial charge is 0.319 e. The molecule has 1 aliphatic heterocycles. The van der Waals surface area contributed by atoms with Gasteiger partial charge in [0.15, 0.2) is 0 Å². The minimum atomic E-state index is -3.90. The Labute approximate surface area is 259 Å². The van der Waals surface area contributed by atoms with Crippen molar-refractivity contribution < 1.29 is 32.3 Å². The monoisotopic (exact) mass is 631 g/mol. The van der Waals surface area contributed by atoms with E-state index in [1.807, 2.05) is 32.9 Å². The number of methoxy groups -OCH3 is 1. The summed E-state index contributed by atoms with van der Waals surface area (Å²) in [6.07, 6.45) is 7.52.